The first-order chi connectivity index (χ1) is 13.4. The van der Waals surface area contributed by atoms with Crippen LogP contribution in [-0.2, 0) is 6.61 Å². The minimum absolute atomic E-state index is 0.220. The van der Waals surface area contributed by atoms with Gasteiger partial charge in [-0.15, -0.1) is 0 Å². The fourth-order valence-electron chi connectivity index (χ4n) is 3.03. The van der Waals surface area contributed by atoms with Crippen LogP contribution in [0.25, 0.3) is 22.2 Å². The number of nitrogens with zero attached hydrogens (tertiary/aromatic N) is 1. The number of aliphatic hydroxyl groups is 1. The molecule has 3 aromatic carbocycles. The molecule has 0 bridgehead atoms. The lowest BCUT2D eigenvalue weighted by molar-refractivity contribution is 0.281. The smallest absolute Gasteiger partial charge is 0.300 e. The molecule has 4 nitrogen and oxygen atoms in total. The zero-order valence-electron chi connectivity index (χ0n) is 15.4. The number of aromatic nitrogens is 2. The number of hydrogen-bond donors (Lipinski definition) is 2. The number of aliphatic hydroxyl groups excluding tert-OH is 1. The minimum atomic E-state index is -0.449. The molecule has 0 amide bonds. The summed E-state index contributed by atoms with van der Waals surface area (Å²) in [6.07, 6.45) is 0. The maximum absolute atomic E-state index is 14.4. The van der Waals surface area contributed by atoms with Crippen LogP contribution >= 0.6 is 11.6 Å². The first kappa shape index (κ1) is 18.5. The lowest BCUT2D eigenvalue weighted by Gasteiger charge is -2.07. The van der Waals surface area contributed by atoms with Gasteiger partial charge in [-0.2, -0.15) is 4.98 Å². The molecule has 0 aliphatic rings. The van der Waals surface area contributed by atoms with Crippen molar-refractivity contribution >= 4 is 22.6 Å². The molecule has 0 fully saturated rings. The second kappa shape index (κ2) is 7.26. The Morgan fingerprint density at radius 2 is 1.86 bits per heavy atom. The predicted molar refractivity (Wildman–Crippen MR) is 108 cm³/mol. The molecule has 0 saturated carbocycles. The normalized spacial score (nSPS) is 11.2. The summed E-state index contributed by atoms with van der Waals surface area (Å²) in [6.45, 7) is 3.84. The number of halogens is 2. The minimum Gasteiger partial charge on any atom is -0.426 e. The third-order valence-electron chi connectivity index (χ3n) is 4.75. The Kier molecular flexibility index (Phi) is 4.79. The van der Waals surface area contributed by atoms with Crippen molar-refractivity contribution in [2.24, 2.45) is 0 Å². The number of aromatic amines is 1. The zero-order valence-corrected chi connectivity index (χ0v) is 16.1. The highest BCUT2D eigenvalue weighted by molar-refractivity contribution is 6.34. The van der Waals surface area contributed by atoms with Crippen LogP contribution in [0.15, 0.2) is 48.5 Å². The maximum Gasteiger partial charge on any atom is 0.300 e. The van der Waals surface area contributed by atoms with E-state index in [1.807, 2.05) is 32.0 Å². The van der Waals surface area contributed by atoms with Crippen molar-refractivity contribution in [2.45, 2.75) is 20.5 Å². The summed E-state index contributed by atoms with van der Waals surface area (Å²) in [7, 11) is 0. The van der Waals surface area contributed by atoms with Gasteiger partial charge in [0.25, 0.3) is 6.01 Å². The Labute approximate surface area is 166 Å². The van der Waals surface area contributed by atoms with Crippen molar-refractivity contribution in [3.05, 3.63) is 76.1 Å². The molecular formula is C22H18ClFN2O2. The van der Waals surface area contributed by atoms with Crippen molar-refractivity contribution in [3.63, 3.8) is 0 Å². The molecule has 6 heteroatoms. The molecule has 142 valence electrons. The summed E-state index contributed by atoms with van der Waals surface area (Å²) in [5.74, 6) is 0.231. The monoisotopic (exact) mass is 396 g/mol. The highest BCUT2D eigenvalue weighted by Gasteiger charge is 2.14. The van der Waals surface area contributed by atoms with E-state index < -0.39 is 5.82 Å². The van der Waals surface area contributed by atoms with Crippen molar-refractivity contribution in [2.75, 3.05) is 0 Å². The van der Waals surface area contributed by atoms with Crippen molar-refractivity contribution in [1.29, 1.82) is 0 Å². The number of rotatable bonds is 4. The van der Waals surface area contributed by atoms with E-state index >= 15 is 0 Å². The number of hydrogen-bond acceptors (Lipinski definition) is 3. The second-order valence-corrected chi connectivity index (χ2v) is 7.12. The molecule has 0 spiro atoms. The summed E-state index contributed by atoms with van der Waals surface area (Å²) in [5.41, 5.74) is 5.00. The van der Waals surface area contributed by atoms with E-state index in [9.17, 15) is 4.39 Å². The van der Waals surface area contributed by atoms with Gasteiger partial charge in [0, 0.05) is 11.1 Å². The van der Waals surface area contributed by atoms with Crippen molar-refractivity contribution in [3.8, 4) is 22.9 Å². The number of fused-ring (bicyclic) bond motifs is 1. The molecule has 0 aliphatic carbocycles. The quantitative estimate of drug-likeness (QED) is 0.450. The second-order valence-electron chi connectivity index (χ2n) is 6.71. The third kappa shape index (κ3) is 3.46. The summed E-state index contributed by atoms with van der Waals surface area (Å²) in [4.78, 5) is 7.54. The summed E-state index contributed by atoms with van der Waals surface area (Å²) in [5, 5.41) is 9.55. The maximum atomic E-state index is 14.4. The lowest BCUT2D eigenvalue weighted by Crippen LogP contribution is -1.90. The first-order valence-electron chi connectivity index (χ1n) is 8.78. The van der Waals surface area contributed by atoms with E-state index in [4.69, 9.17) is 21.4 Å². The van der Waals surface area contributed by atoms with E-state index in [-0.39, 0.29) is 6.61 Å². The molecule has 0 unspecified atom stereocenters. The molecule has 0 saturated heterocycles. The van der Waals surface area contributed by atoms with Crippen LogP contribution in [0, 0.1) is 19.7 Å². The average molecular weight is 397 g/mol. The first-order valence-corrected chi connectivity index (χ1v) is 9.16. The van der Waals surface area contributed by atoms with E-state index in [2.05, 4.69) is 9.97 Å². The van der Waals surface area contributed by atoms with Crippen LogP contribution in [-0.4, -0.2) is 15.1 Å². The number of nitrogens with one attached hydrogen (secondary N) is 1. The molecule has 4 aromatic rings. The largest absolute Gasteiger partial charge is 0.426 e. The zero-order chi connectivity index (χ0) is 19.8. The summed E-state index contributed by atoms with van der Waals surface area (Å²) in [6, 6.07) is 14.1. The number of H-pyrrole nitrogens is 1. The Bertz CT molecular complexity index is 1190. The van der Waals surface area contributed by atoms with Gasteiger partial charge in [-0.3, -0.25) is 0 Å². The summed E-state index contributed by atoms with van der Waals surface area (Å²) < 4.78 is 20.3. The molecule has 1 heterocycles. The van der Waals surface area contributed by atoms with E-state index in [0.29, 0.717) is 44.5 Å². The van der Waals surface area contributed by atoms with Crippen molar-refractivity contribution in [1.82, 2.24) is 9.97 Å². The molecule has 1 aromatic heterocycles. The van der Waals surface area contributed by atoms with Crippen LogP contribution in [0.1, 0.15) is 16.7 Å². The van der Waals surface area contributed by atoms with Gasteiger partial charge in [-0.25, -0.2) is 4.39 Å². The van der Waals surface area contributed by atoms with Crippen LogP contribution in [0.3, 0.4) is 0 Å². The standard InChI is InChI=1S/C22H18ClFN2O2/c1-12-3-5-15(7-13(12)2)28-22-25-20-9-17(18(23)10-21(20)26-22)16-6-4-14(11-27)8-19(16)24/h3-10,27H,11H2,1-2H3,(H,25,26). The number of benzene rings is 3. The highest BCUT2D eigenvalue weighted by atomic mass is 35.5. The topological polar surface area (TPSA) is 58.1 Å². The predicted octanol–water partition coefficient (Wildman–Crippen LogP) is 5.92. The fourth-order valence-corrected chi connectivity index (χ4v) is 3.29. The fraction of sp³-hybridized carbons (Fsp3) is 0.136. The lowest BCUT2D eigenvalue weighted by atomic mass is 10.0. The molecule has 4 rings (SSSR count). The average Bonchev–Trinajstić information content (AvgIpc) is 3.05. The van der Waals surface area contributed by atoms with Crippen LogP contribution in [0.4, 0.5) is 4.39 Å². The van der Waals surface area contributed by atoms with Gasteiger partial charge in [-0.1, -0.05) is 29.8 Å². The third-order valence-corrected chi connectivity index (χ3v) is 5.06. The van der Waals surface area contributed by atoms with Gasteiger partial charge >= 0.3 is 0 Å². The molecule has 0 aliphatic heterocycles. The van der Waals surface area contributed by atoms with Gasteiger partial charge in [0.05, 0.1) is 22.7 Å². The Balaban J connectivity index is 1.72. The van der Waals surface area contributed by atoms with Crippen LogP contribution in [0.2, 0.25) is 5.02 Å². The molecule has 2 N–H and O–H groups in total. The Morgan fingerprint density at radius 1 is 1.04 bits per heavy atom. The molecule has 0 radical (unpaired) electrons. The SMILES string of the molecule is Cc1ccc(Oc2nc3cc(-c4ccc(CO)cc4F)c(Cl)cc3[nH]2)cc1C. The molecule has 28 heavy (non-hydrogen) atoms. The number of imidazole rings is 1. The van der Waals surface area contributed by atoms with Gasteiger partial charge in [-0.05, 0) is 60.9 Å². The Hall–Kier alpha value is -2.89. The van der Waals surface area contributed by atoms with Crippen molar-refractivity contribution < 1.29 is 14.2 Å². The Morgan fingerprint density at radius 3 is 2.57 bits per heavy atom. The number of ether oxygens (including phenoxy) is 1. The molecular weight excluding hydrogens is 379 g/mol. The van der Waals surface area contributed by atoms with Gasteiger partial charge in [0.1, 0.15) is 11.6 Å². The summed E-state index contributed by atoms with van der Waals surface area (Å²) >= 11 is 6.39. The van der Waals surface area contributed by atoms with E-state index in [0.717, 1.165) is 5.56 Å². The molecule has 0 atom stereocenters. The van der Waals surface area contributed by atoms with E-state index in [1.165, 1.54) is 11.6 Å². The van der Waals surface area contributed by atoms with Gasteiger partial charge in [0.15, 0.2) is 0 Å². The van der Waals surface area contributed by atoms with Crippen LogP contribution in [0.5, 0.6) is 11.8 Å². The number of aryl methyl sites for hydroxylation is 2. The van der Waals surface area contributed by atoms with Gasteiger partial charge in [0.2, 0.25) is 0 Å². The van der Waals surface area contributed by atoms with Gasteiger partial charge < -0.3 is 14.8 Å². The van der Waals surface area contributed by atoms with Crippen LogP contribution < -0.4 is 4.74 Å². The van der Waals surface area contributed by atoms with E-state index in [1.54, 1.807) is 24.3 Å². The highest BCUT2D eigenvalue weighted by Crippen LogP contribution is 2.34.